The zero-order chi connectivity index (χ0) is 15.1. The van der Waals surface area contributed by atoms with Crippen LogP contribution in [0.5, 0.6) is 0 Å². The summed E-state index contributed by atoms with van der Waals surface area (Å²) in [6.07, 6.45) is 0. The van der Waals surface area contributed by atoms with Crippen molar-refractivity contribution < 1.29 is 0 Å². The van der Waals surface area contributed by atoms with Crippen LogP contribution in [0.15, 0.2) is 72.8 Å². The number of hydrogen-bond acceptors (Lipinski definition) is 0. The van der Waals surface area contributed by atoms with E-state index in [1.54, 1.807) is 0 Å². The van der Waals surface area contributed by atoms with Gasteiger partial charge in [0.15, 0.2) is 0 Å². The lowest BCUT2D eigenvalue weighted by Gasteiger charge is -2.13. The van der Waals surface area contributed by atoms with Crippen LogP contribution in [-0.4, -0.2) is 0 Å². The van der Waals surface area contributed by atoms with E-state index in [2.05, 4.69) is 86.6 Å². The van der Waals surface area contributed by atoms with Gasteiger partial charge in [-0.25, -0.2) is 0 Å². The fourth-order valence-electron chi connectivity index (χ4n) is 3.36. The molecule has 4 rings (SSSR count). The van der Waals surface area contributed by atoms with Crippen LogP contribution in [0.25, 0.3) is 32.7 Å². The summed E-state index contributed by atoms with van der Waals surface area (Å²) < 4.78 is 0. The summed E-state index contributed by atoms with van der Waals surface area (Å²) in [7, 11) is 0. The molecule has 0 spiro atoms. The van der Waals surface area contributed by atoms with E-state index in [4.69, 9.17) is 0 Å². The Bertz CT molecular complexity index is 987. The standard InChI is InChI=1S/C22H18/c1-15-13-18-8-3-4-9-19(18)14-22(15)21-12-11-17-7-5-6-10-20(17)16(21)2/h3-14H,1-2H3. The third kappa shape index (κ3) is 2.00. The first-order chi connectivity index (χ1) is 10.7. The highest BCUT2D eigenvalue weighted by molar-refractivity contribution is 5.95. The van der Waals surface area contributed by atoms with Crippen molar-refractivity contribution in [3.05, 3.63) is 83.9 Å². The third-order valence-electron chi connectivity index (χ3n) is 4.58. The van der Waals surface area contributed by atoms with E-state index >= 15 is 0 Å². The Kier molecular flexibility index (Phi) is 2.97. The molecule has 0 saturated carbocycles. The zero-order valence-electron chi connectivity index (χ0n) is 12.9. The van der Waals surface area contributed by atoms with Crippen LogP contribution in [0.3, 0.4) is 0 Å². The highest BCUT2D eigenvalue weighted by Gasteiger charge is 2.09. The number of fused-ring (bicyclic) bond motifs is 2. The number of hydrogen-bond donors (Lipinski definition) is 0. The van der Waals surface area contributed by atoms with Gasteiger partial charge in [0.1, 0.15) is 0 Å². The lowest BCUT2D eigenvalue weighted by Crippen LogP contribution is -1.89. The summed E-state index contributed by atoms with van der Waals surface area (Å²) in [5.41, 5.74) is 5.36. The Balaban J connectivity index is 2.02. The topological polar surface area (TPSA) is 0 Å². The van der Waals surface area contributed by atoms with Crippen LogP contribution in [0.1, 0.15) is 11.1 Å². The Morgan fingerprint density at radius 3 is 1.95 bits per heavy atom. The van der Waals surface area contributed by atoms with E-state index < -0.39 is 0 Å². The molecule has 0 amide bonds. The van der Waals surface area contributed by atoms with Gasteiger partial charge in [-0.15, -0.1) is 0 Å². The Labute approximate surface area is 131 Å². The van der Waals surface area contributed by atoms with Gasteiger partial charge in [0, 0.05) is 0 Å². The maximum Gasteiger partial charge on any atom is -0.0145 e. The molecule has 106 valence electrons. The van der Waals surface area contributed by atoms with E-state index in [1.807, 2.05) is 0 Å². The minimum absolute atomic E-state index is 1.30. The molecule has 0 fully saturated rings. The first-order valence-electron chi connectivity index (χ1n) is 7.72. The Morgan fingerprint density at radius 1 is 0.545 bits per heavy atom. The van der Waals surface area contributed by atoms with Crippen molar-refractivity contribution in [3.8, 4) is 11.1 Å². The molecular weight excluding hydrogens is 264 g/mol. The predicted octanol–water partition coefficient (Wildman–Crippen LogP) is 6.28. The monoisotopic (exact) mass is 282 g/mol. The molecule has 4 aromatic rings. The Morgan fingerprint density at radius 2 is 1.18 bits per heavy atom. The van der Waals surface area contributed by atoms with Gasteiger partial charge in [-0.3, -0.25) is 0 Å². The lowest BCUT2D eigenvalue weighted by molar-refractivity contribution is 1.45. The normalized spacial score (nSPS) is 11.2. The van der Waals surface area contributed by atoms with Crippen molar-refractivity contribution in [2.45, 2.75) is 13.8 Å². The zero-order valence-corrected chi connectivity index (χ0v) is 12.9. The maximum atomic E-state index is 2.32. The molecule has 0 aliphatic rings. The molecule has 0 aliphatic heterocycles. The van der Waals surface area contributed by atoms with Crippen LogP contribution >= 0.6 is 0 Å². The molecular formula is C22H18. The van der Waals surface area contributed by atoms with Crippen LogP contribution in [0, 0.1) is 13.8 Å². The molecule has 0 N–H and O–H groups in total. The number of aryl methyl sites for hydroxylation is 2. The van der Waals surface area contributed by atoms with E-state index in [0.29, 0.717) is 0 Å². The fraction of sp³-hybridized carbons (Fsp3) is 0.0909. The SMILES string of the molecule is Cc1cc2ccccc2cc1-c1ccc2ccccc2c1C. The van der Waals surface area contributed by atoms with Crippen LogP contribution in [0.4, 0.5) is 0 Å². The summed E-state index contributed by atoms with van der Waals surface area (Å²) in [5, 5.41) is 5.26. The lowest BCUT2D eigenvalue weighted by atomic mass is 9.91. The smallest absolute Gasteiger partial charge is 0.0145 e. The van der Waals surface area contributed by atoms with Crippen LogP contribution in [-0.2, 0) is 0 Å². The number of benzene rings is 4. The van der Waals surface area contributed by atoms with Crippen molar-refractivity contribution >= 4 is 21.5 Å². The largest absolute Gasteiger partial charge is 0.0616 e. The van der Waals surface area contributed by atoms with E-state index in [0.717, 1.165) is 0 Å². The highest BCUT2D eigenvalue weighted by atomic mass is 14.1. The second kappa shape index (κ2) is 4.99. The van der Waals surface area contributed by atoms with Crippen molar-refractivity contribution in [2.75, 3.05) is 0 Å². The molecule has 0 heterocycles. The molecule has 0 aromatic heterocycles. The summed E-state index contributed by atoms with van der Waals surface area (Å²) in [5.74, 6) is 0. The first-order valence-corrected chi connectivity index (χ1v) is 7.72. The second-order valence-corrected chi connectivity index (χ2v) is 5.97. The van der Waals surface area contributed by atoms with Crippen molar-refractivity contribution in [1.29, 1.82) is 0 Å². The molecule has 0 saturated heterocycles. The van der Waals surface area contributed by atoms with Gasteiger partial charge in [0.05, 0.1) is 0 Å². The molecule has 4 aromatic carbocycles. The quantitative estimate of drug-likeness (QED) is 0.385. The van der Waals surface area contributed by atoms with Gasteiger partial charge in [0.2, 0.25) is 0 Å². The van der Waals surface area contributed by atoms with Crippen LogP contribution in [0.2, 0.25) is 0 Å². The molecule has 0 atom stereocenters. The van der Waals surface area contributed by atoms with Gasteiger partial charge in [0.25, 0.3) is 0 Å². The molecule has 22 heavy (non-hydrogen) atoms. The molecule has 0 aliphatic carbocycles. The third-order valence-corrected chi connectivity index (χ3v) is 4.58. The van der Waals surface area contributed by atoms with Gasteiger partial charge in [-0.05, 0) is 63.7 Å². The maximum absolute atomic E-state index is 2.32. The average molecular weight is 282 g/mol. The minimum Gasteiger partial charge on any atom is -0.0616 e. The molecule has 0 unspecified atom stereocenters. The van der Waals surface area contributed by atoms with Crippen LogP contribution < -0.4 is 0 Å². The summed E-state index contributed by atoms with van der Waals surface area (Å²) in [4.78, 5) is 0. The van der Waals surface area contributed by atoms with Gasteiger partial charge in [-0.2, -0.15) is 0 Å². The minimum atomic E-state index is 1.30. The summed E-state index contributed by atoms with van der Waals surface area (Å²) >= 11 is 0. The summed E-state index contributed by atoms with van der Waals surface area (Å²) in [6.45, 7) is 4.43. The van der Waals surface area contributed by atoms with Crippen molar-refractivity contribution in [3.63, 3.8) is 0 Å². The molecule has 0 heteroatoms. The molecule has 0 radical (unpaired) electrons. The van der Waals surface area contributed by atoms with Crippen molar-refractivity contribution in [1.82, 2.24) is 0 Å². The van der Waals surface area contributed by atoms with Crippen molar-refractivity contribution in [2.24, 2.45) is 0 Å². The average Bonchev–Trinajstić information content (AvgIpc) is 2.55. The second-order valence-electron chi connectivity index (χ2n) is 5.97. The molecule has 0 nitrogen and oxygen atoms in total. The van der Waals surface area contributed by atoms with Gasteiger partial charge in [-0.1, -0.05) is 66.7 Å². The number of rotatable bonds is 1. The van der Waals surface area contributed by atoms with E-state index in [-0.39, 0.29) is 0 Å². The predicted molar refractivity (Wildman–Crippen MR) is 96.4 cm³/mol. The first kappa shape index (κ1) is 13.1. The highest BCUT2D eigenvalue weighted by Crippen LogP contribution is 2.33. The van der Waals surface area contributed by atoms with Gasteiger partial charge >= 0.3 is 0 Å². The van der Waals surface area contributed by atoms with Gasteiger partial charge < -0.3 is 0 Å². The molecule has 0 bridgehead atoms. The Hall–Kier alpha value is -2.60. The fourth-order valence-corrected chi connectivity index (χ4v) is 3.36. The summed E-state index contributed by atoms with van der Waals surface area (Å²) in [6, 6.07) is 26.3. The van der Waals surface area contributed by atoms with E-state index in [1.165, 1.54) is 43.8 Å². The van der Waals surface area contributed by atoms with E-state index in [9.17, 15) is 0 Å².